The van der Waals surface area contributed by atoms with Gasteiger partial charge in [-0.25, -0.2) is 17.7 Å². The second-order valence-electron chi connectivity index (χ2n) is 12.9. The number of fused-ring (bicyclic) bond motifs is 5. The van der Waals surface area contributed by atoms with E-state index in [9.17, 15) is 13.2 Å². The lowest BCUT2D eigenvalue weighted by Gasteiger charge is -2.62. The number of pyridine rings is 1. The summed E-state index contributed by atoms with van der Waals surface area (Å²) in [5.41, 5.74) is 6.50. The van der Waals surface area contributed by atoms with Crippen LogP contribution in [-0.4, -0.2) is 74.0 Å². The van der Waals surface area contributed by atoms with Crippen LogP contribution in [0.5, 0.6) is 0 Å². The van der Waals surface area contributed by atoms with Crippen LogP contribution in [0.25, 0.3) is 44.3 Å². The smallest absolute Gasteiger partial charge is 0.237 e. The number of aromatic nitrogens is 6. The Hall–Kier alpha value is -4.03. The number of amides is 1. The average molecular weight is 601 g/mol. The quantitative estimate of drug-likeness (QED) is 0.318. The number of hydrogen-bond acceptors (Lipinski definition) is 6. The van der Waals surface area contributed by atoms with Gasteiger partial charge < -0.3 is 9.88 Å². The summed E-state index contributed by atoms with van der Waals surface area (Å²) in [5, 5.41) is 11.0. The molecule has 8 rings (SSSR count). The molecule has 0 unspecified atom stereocenters. The molecule has 43 heavy (non-hydrogen) atoms. The van der Waals surface area contributed by atoms with E-state index in [1.165, 1.54) is 0 Å². The van der Waals surface area contributed by atoms with E-state index in [0.29, 0.717) is 25.9 Å². The van der Waals surface area contributed by atoms with E-state index in [-0.39, 0.29) is 24.5 Å². The van der Waals surface area contributed by atoms with Crippen molar-refractivity contribution in [2.45, 2.75) is 45.1 Å². The summed E-state index contributed by atoms with van der Waals surface area (Å²) < 4.78 is 30.4. The molecular formula is C31H36N8O3S. The SMILES string of the molecule is CCS(=O)(=O)N1CC2(C1)CC1(C2)C(=O)N(C)c2cnc3[nH]c(-c4cnn(C(C)C)c4)c(-c4ccc5c(cnn5C)c4)c3c21.[HH]. The standard InChI is InChI=1S/C31H34N8O3S.H2/c1-6-43(41,42)38-16-30(17-38)14-31(15-30)26-23(36(4)29(31)40)12-32-28-25(26)24(19-7-8-22-20(9-19)10-33-37(22)5)27(35-28)21-11-34-39(13-21)18(2)3;/h7-13,18H,6,14-17H2,1-5H3,(H,32,35);1H. The molecule has 0 radical (unpaired) electrons. The van der Waals surface area contributed by atoms with Crippen molar-refractivity contribution in [2.24, 2.45) is 12.5 Å². The van der Waals surface area contributed by atoms with E-state index in [2.05, 4.69) is 47.2 Å². The van der Waals surface area contributed by atoms with Gasteiger partial charge in [0.25, 0.3) is 0 Å². The minimum absolute atomic E-state index is 0. The summed E-state index contributed by atoms with van der Waals surface area (Å²) in [6.07, 6.45) is 8.84. The van der Waals surface area contributed by atoms with Crippen LogP contribution in [-0.2, 0) is 27.3 Å². The molecule has 12 heteroatoms. The highest BCUT2D eigenvalue weighted by molar-refractivity contribution is 7.89. The van der Waals surface area contributed by atoms with E-state index in [1.54, 1.807) is 22.3 Å². The lowest BCUT2D eigenvalue weighted by Crippen LogP contribution is -2.69. The van der Waals surface area contributed by atoms with Gasteiger partial charge in [-0.2, -0.15) is 10.2 Å². The minimum atomic E-state index is -3.25. The van der Waals surface area contributed by atoms with Crippen molar-refractivity contribution in [2.75, 3.05) is 30.8 Å². The highest BCUT2D eigenvalue weighted by atomic mass is 32.2. The predicted molar refractivity (Wildman–Crippen MR) is 167 cm³/mol. The molecule has 11 nitrogen and oxygen atoms in total. The van der Waals surface area contributed by atoms with Crippen molar-refractivity contribution in [3.05, 3.63) is 48.5 Å². The summed E-state index contributed by atoms with van der Waals surface area (Å²) in [6.45, 7) is 6.82. The molecule has 4 aromatic heterocycles. The molecule has 0 bridgehead atoms. The summed E-state index contributed by atoms with van der Waals surface area (Å²) >= 11 is 0. The Morgan fingerprint density at radius 1 is 1.07 bits per heavy atom. The van der Waals surface area contributed by atoms with Gasteiger partial charge in [0.2, 0.25) is 15.9 Å². The third-order valence-corrected chi connectivity index (χ3v) is 11.7. The number of rotatable bonds is 5. The molecule has 3 aliphatic rings. The van der Waals surface area contributed by atoms with Gasteiger partial charge in [-0.15, -0.1) is 0 Å². The number of nitrogens with zero attached hydrogens (tertiary/aromatic N) is 7. The number of hydrogen-bond donors (Lipinski definition) is 1. The molecule has 1 N–H and O–H groups in total. The molecule has 5 aromatic rings. The van der Waals surface area contributed by atoms with E-state index >= 15 is 0 Å². The van der Waals surface area contributed by atoms with E-state index < -0.39 is 15.4 Å². The minimum Gasteiger partial charge on any atom is -0.339 e. The Morgan fingerprint density at radius 2 is 1.84 bits per heavy atom. The number of anilines is 1. The fraction of sp³-hybridized carbons (Fsp3) is 0.419. The largest absolute Gasteiger partial charge is 0.339 e. The van der Waals surface area contributed by atoms with Gasteiger partial charge in [0.1, 0.15) is 5.65 Å². The van der Waals surface area contributed by atoms with Gasteiger partial charge in [-0.1, -0.05) is 6.07 Å². The van der Waals surface area contributed by atoms with Crippen LogP contribution in [0.2, 0.25) is 0 Å². The van der Waals surface area contributed by atoms with Gasteiger partial charge in [0, 0.05) is 73.7 Å². The molecular weight excluding hydrogens is 564 g/mol. The van der Waals surface area contributed by atoms with Crippen LogP contribution in [0.3, 0.4) is 0 Å². The van der Waals surface area contributed by atoms with Gasteiger partial charge in [0.05, 0.1) is 46.7 Å². The van der Waals surface area contributed by atoms with Crippen molar-refractivity contribution < 1.29 is 14.6 Å². The molecule has 0 atom stereocenters. The Morgan fingerprint density at radius 3 is 2.53 bits per heavy atom. The topological polar surface area (TPSA) is 122 Å². The molecule has 1 saturated carbocycles. The van der Waals surface area contributed by atoms with Gasteiger partial charge in [0.15, 0.2) is 0 Å². The van der Waals surface area contributed by atoms with Crippen molar-refractivity contribution in [3.8, 4) is 22.4 Å². The van der Waals surface area contributed by atoms with Crippen LogP contribution in [0.4, 0.5) is 5.69 Å². The average Bonchev–Trinajstić information content (AvgIpc) is 3.70. The van der Waals surface area contributed by atoms with Gasteiger partial charge >= 0.3 is 0 Å². The summed E-state index contributed by atoms with van der Waals surface area (Å²) in [6, 6.07) is 6.54. The molecule has 2 fully saturated rings. The number of H-pyrrole nitrogens is 1. The number of carbonyl (C=O) groups is 1. The van der Waals surface area contributed by atoms with Crippen LogP contribution < -0.4 is 4.90 Å². The zero-order chi connectivity index (χ0) is 30.1. The maximum absolute atomic E-state index is 14.1. The highest BCUT2D eigenvalue weighted by Crippen LogP contribution is 2.66. The second kappa shape index (κ2) is 8.54. The molecule has 2 aliphatic heterocycles. The zero-order valence-electron chi connectivity index (χ0n) is 24.9. The molecule has 1 amide bonds. The zero-order valence-corrected chi connectivity index (χ0v) is 25.7. The monoisotopic (exact) mass is 600 g/mol. The second-order valence-corrected chi connectivity index (χ2v) is 15.2. The first-order chi connectivity index (χ1) is 20.5. The van der Waals surface area contributed by atoms with E-state index in [0.717, 1.165) is 55.6 Å². The van der Waals surface area contributed by atoms with Crippen LogP contribution in [0, 0.1) is 5.41 Å². The molecule has 2 spiro atoms. The third kappa shape index (κ3) is 3.47. The number of benzene rings is 1. The fourth-order valence-electron chi connectivity index (χ4n) is 7.86. The molecule has 224 valence electrons. The number of nitrogens with one attached hydrogen (secondary N) is 1. The Labute approximate surface area is 251 Å². The number of carbonyl (C=O) groups excluding carboxylic acids is 1. The summed E-state index contributed by atoms with van der Waals surface area (Å²) in [5.74, 6) is 0.151. The molecule has 1 saturated heterocycles. The van der Waals surface area contributed by atoms with E-state index in [4.69, 9.17) is 4.98 Å². The first-order valence-corrected chi connectivity index (χ1v) is 16.4. The highest BCUT2D eigenvalue weighted by Gasteiger charge is 2.68. The summed E-state index contributed by atoms with van der Waals surface area (Å²) in [7, 11) is 0.510. The van der Waals surface area contributed by atoms with Crippen molar-refractivity contribution >= 4 is 43.6 Å². The number of aryl methyl sites for hydroxylation is 1. The van der Waals surface area contributed by atoms with Crippen LogP contribution >= 0.6 is 0 Å². The maximum atomic E-state index is 14.1. The lowest BCUT2D eigenvalue weighted by atomic mass is 9.48. The number of likely N-dealkylation sites (N-methyl/N-ethyl adjacent to an activating group) is 1. The molecule has 1 aromatic carbocycles. The first-order valence-electron chi connectivity index (χ1n) is 14.7. The Bertz CT molecular complexity index is 2100. The predicted octanol–water partition coefficient (Wildman–Crippen LogP) is 4.47. The normalized spacial score (nSPS) is 19.2. The lowest BCUT2D eigenvalue weighted by molar-refractivity contribution is -0.139. The number of aromatic amines is 1. The van der Waals surface area contributed by atoms with Crippen LogP contribution in [0.1, 0.15) is 46.6 Å². The van der Waals surface area contributed by atoms with Gasteiger partial charge in [-0.3, -0.25) is 14.2 Å². The van der Waals surface area contributed by atoms with E-state index in [1.807, 2.05) is 42.0 Å². The fourth-order valence-corrected chi connectivity index (χ4v) is 9.16. The molecule has 6 heterocycles. The van der Waals surface area contributed by atoms with Crippen LogP contribution in [0.15, 0.2) is 43.0 Å². The van der Waals surface area contributed by atoms with Crippen molar-refractivity contribution in [3.63, 3.8) is 0 Å². The van der Waals surface area contributed by atoms with Crippen molar-refractivity contribution in [1.82, 2.24) is 33.8 Å². The molecule has 1 aliphatic carbocycles. The van der Waals surface area contributed by atoms with Crippen molar-refractivity contribution in [1.29, 1.82) is 0 Å². The Kier molecular flexibility index (Phi) is 5.28. The third-order valence-electron chi connectivity index (χ3n) is 9.95. The Balaban J connectivity index is 0.00000312. The first kappa shape index (κ1) is 26.6. The number of sulfonamides is 1. The van der Waals surface area contributed by atoms with Gasteiger partial charge in [-0.05, 0) is 51.3 Å². The summed E-state index contributed by atoms with van der Waals surface area (Å²) in [4.78, 5) is 24.3. The maximum Gasteiger partial charge on any atom is 0.237 e.